The van der Waals surface area contributed by atoms with Gasteiger partial charge in [0.05, 0.1) is 11.7 Å². The zero-order valence-electron chi connectivity index (χ0n) is 12.9. The SMILES string of the molecule is CC1CCC(N)(Cc2ccn(C3CCCCC3)n2)CC1. The van der Waals surface area contributed by atoms with Crippen LogP contribution in [0.25, 0.3) is 0 Å². The molecular formula is C17H29N3. The van der Waals surface area contributed by atoms with E-state index in [1.165, 1.54) is 50.6 Å². The Morgan fingerprint density at radius 1 is 1.20 bits per heavy atom. The summed E-state index contributed by atoms with van der Waals surface area (Å²) in [5, 5.41) is 4.83. The van der Waals surface area contributed by atoms with E-state index in [1.807, 2.05) is 0 Å². The van der Waals surface area contributed by atoms with Crippen molar-refractivity contribution in [2.75, 3.05) is 0 Å². The third-order valence-corrected chi connectivity index (χ3v) is 5.42. The molecule has 0 aromatic carbocycles. The van der Waals surface area contributed by atoms with Gasteiger partial charge < -0.3 is 5.73 Å². The van der Waals surface area contributed by atoms with Crippen molar-refractivity contribution in [3.05, 3.63) is 18.0 Å². The largest absolute Gasteiger partial charge is 0.325 e. The first-order chi connectivity index (χ1) is 9.65. The highest BCUT2D eigenvalue weighted by molar-refractivity contribution is 5.07. The van der Waals surface area contributed by atoms with E-state index in [0.717, 1.165) is 25.2 Å². The molecule has 0 spiro atoms. The van der Waals surface area contributed by atoms with Gasteiger partial charge in [-0.15, -0.1) is 0 Å². The number of hydrogen-bond acceptors (Lipinski definition) is 2. The normalized spacial score (nSPS) is 32.4. The Morgan fingerprint density at radius 3 is 2.60 bits per heavy atom. The molecule has 2 N–H and O–H groups in total. The van der Waals surface area contributed by atoms with Crippen LogP contribution in [0.5, 0.6) is 0 Å². The Labute approximate surface area is 122 Å². The Balaban J connectivity index is 1.62. The highest BCUT2D eigenvalue weighted by atomic mass is 15.3. The van der Waals surface area contributed by atoms with Crippen molar-refractivity contribution < 1.29 is 0 Å². The standard InChI is InChI=1S/C17H29N3/c1-14-7-10-17(18,11-8-14)13-15-9-12-20(19-15)16-5-3-2-4-6-16/h9,12,14,16H,2-8,10-11,13,18H2,1H3. The van der Waals surface area contributed by atoms with Crippen LogP contribution in [-0.2, 0) is 6.42 Å². The molecule has 0 amide bonds. The first-order valence-electron chi connectivity index (χ1n) is 8.48. The molecule has 0 saturated heterocycles. The molecule has 3 heteroatoms. The monoisotopic (exact) mass is 275 g/mol. The van der Waals surface area contributed by atoms with E-state index in [9.17, 15) is 0 Å². The molecule has 2 fully saturated rings. The molecule has 20 heavy (non-hydrogen) atoms. The summed E-state index contributed by atoms with van der Waals surface area (Å²) in [4.78, 5) is 0. The molecule has 2 aliphatic carbocycles. The molecule has 0 bridgehead atoms. The molecule has 0 radical (unpaired) electrons. The van der Waals surface area contributed by atoms with Crippen molar-refractivity contribution in [2.24, 2.45) is 11.7 Å². The maximum atomic E-state index is 6.59. The lowest BCUT2D eigenvalue weighted by Crippen LogP contribution is -2.45. The highest BCUT2D eigenvalue weighted by Crippen LogP contribution is 2.33. The second kappa shape index (κ2) is 5.88. The average Bonchev–Trinajstić information content (AvgIpc) is 2.92. The predicted octanol–water partition coefficient (Wildman–Crippen LogP) is 3.84. The second-order valence-electron chi connectivity index (χ2n) is 7.30. The van der Waals surface area contributed by atoms with Gasteiger partial charge in [-0.1, -0.05) is 26.2 Å². The lowest BCUT2D eigenvalue weighted by Gasteiger charge is -2.35. The van der Waals surface area contributed by atoms with Gasteiger partial charge >= 0.3 is 0 Å². The summed E-state index contributed by atoms with van der Waals surface area (Å²) >= 11 is 0. The first-order valence-corrected chi connectivity index (χ1v) is 8.48. The van der Waals surface area contributed by atoms with Crippen LogP contribution in [0, 0.1) is 5.92 Å². The van der Waals surface area contributed by atoms with Crippen LogP contribution in [0.3, 0.4) is 0 Å². The first kappa shape index (κ1) is 14.1. The van der Waals surface area contributed by atoms with Crippen LogP contribution >= 0.6 is 0 Å². The van der Waals surface area contributed by atoms with Gasteiger partial charge in [-0.3, -0.25) is 4.68 Å². The zero-order valence-corrected chi connectivity index (χ0v) is 12.9. The van der Waals surface area contributed by atoms with E-state index < -0.39 is 0 Å². The van der Waals surface area contributed by atoms with Crippen molar-refractivity contribution in [3.8, 4) is 0 Å². The van der Waals surface area contributed by atoms with Gasteiger partial charge in [0.2, 0.25) is 0 Å². The fraction of sp³-hybridized carbons (Fsp3) is 0.824. The summed E-state index contributed by atoms with van der Waals surface area (Å²) in [5.41, 5.74) is 7.79. The van der Waals surface area contributed by atoms with Gasteiger partial charge in [0, 0.05) is 18.2 Å². The number of rotatable bonds is 3. The topological polar surface area (TPSA) is 43.8 Å². The lowest BCUT2D eigenvalue weighted by molar-refractivity contribution is 0.241. The summed E-state index contributed by atoms with van der Waals surface area (Å²) in [6.07, 6.45) is 14.7. The minimum absolute atomic E-state index is 0.00173. The van der Waals surface area contributed by atoms with Crippen LogP contribution in [0.15, 0.2) is 12.3 Å². The summed E-state index contributed by atoms with van der Waals surface area (Å²) in [5.74, 6) is 0.853. The molecule has 1 aromatic heterocycles. The molecular weight excluding hydrogens is 246 g/mol. The molecule has 1 aromatic rings. The van der Waals surface area contributed by atoms with E-state index in [-0.39, 0.29) is 5.54 Å². The molecule has 2 aliphatic rings. The van der Waals surface area contributed by atoms with Gasteiger partial charge in [0.1, 0.15) is 0 Å². The number of nitrogens with two attached hydrogens (primary N) is 1. The van der Waals surface area contributed by atoms with Crippen LogP contribution in [0.2, 0.25) is 0 Å². The van der Waals surface area contributed by atoms with E-state index >= 15 is 0 Å². The number of nitrogens with zero attached hydrogens (tertiary/aromatic N) is 2. The Bertz CT molecular complexity index is 423. The highest BCUT2D eigenvalue weighted by Gasteiger charge is 2.31. The van der Waals surface area contributed by atoms with Crippen molar-refractivity contribution in [1.29, 1.82) is 0 Å². The fourth-order valence-electron chi connectivity index (χ4n) is 3.90. The van der Waals surface area contributed by atoms with E-state index in [4.69, 9.17) is 10.8 Å². The summed E-state index contributed by atoms with van der Waals surface area (Å²) < 4.78 is 2.21. The van der Waals surface area contributed by atoms with Crippen LogP contribution in [0.1, 0.15) is 76.4 Å². The Hall–Kier alpha value is -0.830. The molecule has 1 heterocycles. The van der Waals surface area contributed by atoms with Crippen molar-refractivity contribution in [3.63, 3.8) is 0 Å². The van der Waals surface area contributed by atoms with Crippen molar-refractivity contribution in [2.45, 2.75) is 82.7 Å². The third kappa shape index (κ3) is 3.25. The van der Waals surface area contributed by atoms with Crippen molar-refractivity contribution >= 4 is 0 Å². The number of hydrogen-bond donors (Lipinski definition) is 1. The minimum atomic E-state index is -0.00173. The second-order valence-corrected chi connectivity index (χ2v) is 7.30. The lowest BCUT2D eigenvalue weighted by atomic mass is 9.75. The molecule has 2 saturated carbocycles. The van der Waals surface area contributed by atoms with Gasteiger partial charge in [-0.05, 0) is 50.5 Å². The number of aromatic nitrogens is 2. The van der Waals surface area contributed by atoms with Gasteiger partial charge in [-0.2, -0.15) is 5.10 Å². The van der Waals surface area contributed by atoms with Crippen LogP contribution < -0.4 is 5.73 Å². The third-order valence-electron chi connectivity index (χ3n) is 5.42. The van der Waals surface area contributed by atoms with E-state index in [2.05, 4.69) is 23.9 Å². The van der Waals surface area contributed by atoms with Crippen LogP contribution in [-0.4, -0.2) is 15.3 Å². The molecule has 0 aliphatic heterocycles. The zero-order chi connectivity index (χ0) is 14.0. The summed E-state index contributed by atoms with van der Waals surface area (Å²) in [6, 6.07) is 2.83. The van der Waals surface area contributed by atoms with E-state index in [1.54, 1.807) is 0 Å². The summed E-state index contributed by atoms with van der Waals surface area (Å²) in [6.45, 7) is 2.34. The molecule has 0 atom stereocenters. The van der Waals surface area contributed by atoms with Crippen molar-refractivity contribution in [1.82, 2.24) is 9.78 Å². The smallest absolute Gasteiger partial charge is 0.0643 e. The van der Waals surface area contributed by atoms with Gasteiger partial charge in [0.25, 0.3) is 0 Å². The van der Waals surface area contributed by atoms with Gasteiger partial charge in [-0.25, -0.2) is 0 Å². The summed E-state index contributed by atoms with van der Waals surface area (Å²) in [7, 11) is 0. The molecule has 112 valence electrons. The fourth-order valence-corrected chi connectivity index (χ4v) is 3.90. The van der Waals surface area contributed by atoms with Gasteiger partial charge in [0.15, 0.2) is 0 Å². The Kier molecular flexibility index (Phi) is 4.16. The molecule has 3 rings (SSSR count). The maximum absolute atomic E-state index is 6.59. The Morgan fingerprint density at radius 2 is 1.90 bits per heavy atom. The average molecular weight is 275 g/mol. The minimum Gasteiger partial charge on any atom is -0.325 e. The maximum Gasteiger partial charge on any atom is 0.0643 e. The van der Waals surface area contributed by atoms with Crippen LogP contribution in [0.4, 0.5) is 0 Å². The van der Waals surface area contributed by atoms with E-state index in [0.29, 0.717) is 6.04 Å². The predicted molar refractivity (Wildman–Crippen MR) is 82.6 cm³/mol. The molecule has 3 nitrogen and oxygen atoms in total. The quantitative estimate of drug-likeness (QED) is 0.911. The molecule has 0 unspecified atom stereocenters.